The molecular weight excluding hydrogens is 124 g/mol. The van der Waals surface area contributed by atoms with Crippen molar-refractivity contribution in [2.45, 2.75) is 26.7 Å². The molecule has 2 nitrogen and oxygen atoms in total. The first kappa shape index (κ1) is 12.6. The topological polar surface area (TPSA) is 24.1 Å². The summed E-state index contributed by atoms with van der Waals surface area (Å²) in [6.45, 7) is 6.50. The SMILES string of the molecule is C1CCNC1.CC.CNC. The van der Waals surface area contributed by atoms with Crippen LogP contribution in [-0.2, 0) is 0 Å². The Labute approximate surface area is 65.4 Å². The van der Waals surface area contributed by atoms with Crippen LogP contribution in [0, 0.1) is 0 Å². The van der Waals surface area contributed by atoms with Crippen molar-refractivity contribution in [3.8, 4) is 0 Å². The minimum Gasteiger partial charge on any atom is -0.323 e. The van der Waals surface area contributed by atoms with Crippen molar-refractivity contribution in [3.63, 3.8) is 0 Å². The fraction of sp³-hybridized carbons (Fsp3) is 1.00. The van der Waals surface area contributed by atoms with E-state index in [9.17, 15) is 0 Å². The Balaban J connectivity index is 0. The average molecular weight is 146 g/mol. The lowest BCUT2D eigenvalue weighted by molar-refractivity contribution is 0.857. The Morgan fingerprint density at radius 2 is 1.30 bits per heavy atom. The zero-order valence-corrected chi connectivity index (χ0v) is 7.83. The molecule has 1 rings (SSSR count). The molecule has 0 unspecified atom stereocenters. The average Bonchev–Trinajstić information content (AvgIpc) is 2.48. The van der Waals surface area contributed by atoms with Crippen molar-refractivity contribution in [2.24, 2.45) is 0 Å². The van der Waals surface area contributed by atoms with Crippen LogP contribution in [-0.4, -0.2) is 27.2 Å². The van der Waals surface area contributed by atoms with Crippen LogP contribution in [0.4, 0.5) is 0 Å². The quantitative estimate of drug-likeness (QED) is 0.537. The summed E-state index contributed by atoms with van der Waals surface area (Å²) in [5.74, 6) is 0. The second-order valence-electron chi connectivity index (χ2n) is 1.96. The summed E-state index contributed by atoms with van der Waals surface area (Å²) in [5, 5.41) is 5.97. The molecule has 0 aromatic carbocycles. The van der Waals surface area contributed by atoms with Gasteiger partial charge in [0.15, 0.2) is 0 Å². The Morgan fingerprint density at radius 1 is 1.00 bits per heavy atom. The summed E-state index contributed by atoms with van der Waals surface area (Å²) in [5.41, 5.74) is 0. The van der Waals surface area contributed by atoms with Crippen LogP contribution < -0.4 is 10.6 Å². The molecule has 0 bridgehead atoms. The van der Waals surface area contributed by atoms with Crippen LogP contribution in [0.3, 0.4) is 0 Å². The van der Waals surface area contributed by atoms with E-state index in [-0.39, 0.29) is 0 Å². The zero-order valence-electron chi connectivity index (χ0n) is 7.83. The first-order chi connectivity index (χ1) is 4.91. The van der Waals surface area contributed by atoms with E-state index in [2.05, 4.69) is 10.6 Å². The van der Waals surface area contributed by atoms with Gasteiger partial charge in [-0.2, -0.15) is 0 Å². The van der Waals surface area contributed by atoms with Gasteiger partial charge in [-0.1, -0.05) is 13.8 Å². The molecule has 0 saturated carbocycles. The normalized spacial score (nSPS) is 14.4. The van der Waals surface area contributed by atoms with Gasteiger partial charge in [-0.3, -0.25) is 0 Å². The van der Waals surface area contributed by atoms with Gasteiger partial charge in [0.25, 0.3) is 0 Å². The zero-order chi connectivity index (χ0) is 8.24. The standard InChI is InChI=1S/C4H9N.C2H7N.C2H6/c1-2-4-5-3-1;1-3-2;1-2/h5H,1-4H2;3H,1-2H3;1-2H3. The van der Waals surface area contributed by atoms with Crippen LogP contribution in [0.5, 0.6) is 0 Å². The van der Waals surface area contributed by atoms with Gasteiger partial charge >= 0.3 is 0 Å². The predicted molar refractivity (Wildman–Crippen MR) is 48.4 cm³/mol. The number of rotatable bonds is 0. The molecule has 0 spiro atoms. The van der Waals surface area contributed by atoms with Gasteiger partial charge in [-0.05, 0) is 40.0 Å². The molecular formula is C8H22N2. The molecule has 0 atom stereocenters. The van der Waals surface area contributed by atoms with E-state index >= 15 is 0 Å². The lowest BCUT2D eigenvalue weighted by Gasteiger charge is -1.76. The molecule has 0 aliphatic carbocycles. The number of hydrogen-bond acceptors (Lipinski definition) is 2. The maximum Gasteiger partial charge on any atom is -0.00484 e. The van der Waals surface area contributed by atoms with Gasteiger partial charge in [0.05, 0.1) is 0 Å². The van der Waals surface area contributed by atoms with E-state index in [0.29, 0.717) is 0 Å². The highest BCUT2D eigenvalue weighted by Gasteiger charge is 1.93. The maximum atomic E-state index is 3.22. The summed E-state index contributed by atoms with van der Waals surface area (Å²) < 4.78 is 0. The second-order valence-corrected chi connectivity index (χ2v) is 1.96. The highest BCUT2D eigenvalue weighted by Crippen LogP contribution is 1.90. The maximum absolute atomic E-state index is 3.22. The highest BCUT2D eigenvalue weighted by atomic mass is 14.9. The van der Waals surface area contributed by atoms with Crippen molar-refractivity contribution in [3.05, 3.63) is 0 Å². The number of nitrogens with one attached hydrogen (secondary N) is 2. The van der Waals surface area contributed by atoms with Crippen molar-refractivity contribution < 1.29 is 0 Å². The molecule has 10 heavy (non-hydrogen) atoms. The Kier molecular flexibility index (Phi) is 20.1. The lowest BCUT2D eigenvalue weighted by Crippen LogP contribution is -2.03. The van der Waals surface area contributed by atoms with Gasteiger partial charge in [0.2, 0.25) is 0 Å². The molecule has 2 heteroatoms. The van der Waals surface area contributed by atoms with Crippen LogP contribution >= 0.6 is 0 Å². The molecule has 0 radical (unpaired) electrons. The van der Waals surface area contributed by atoms with E-state index in [4.69, 9.17) is 0 Å². The van der Waals surface area contributed by atoms with Crippen LogP contribution in [0.25, 0.3) is 0 Å². The molecule has 0 aromatic heterocycles. The molecule has 2 N–H and O–H groups in total. The van der Waals surface area contributed by atoms with Crippen LogP contribution in [0.1, 0.15) is 26.7 Å². The predicted octanol–water partition coefficient (Wildman–Crippen LogP) is 1.23. The minimum absolute atomic E-state index is 1.25. The third-order valence-electron chi connectivity index (χ3n) is 0.957. The Morgan fingerprint density at radius 3 is 1.40 bits per heavy atom. The van der Waals surface area contributed by atoms with E-state index in [0.717, 1.165) is 0 Å². The summed E-state index contributed by atoms with van der Waals surface area (Å²) >= 11 is 0. The second kappa shape index (κ2) is 16.0. The molecule has 1 saturated heterocycles. The fourth-order valence-electron chi connectivity index (χ4n) is 0.625. The summed E-state index contributed by atoms with van der Waals surface area (Å²) in [7, 11) is 3.75. The highest BCUT2D eigenvalue weighted by molar-refractivity contribution is 4.55. The van der Waals surface area contributed by atoms with Gasteiger partial charge in [-0.25, -0.2) is 0 Å². The molecule has 0 aromatic rings. The number of hydrogen-bond donors (Lipinski definition) is 2. The van der Waals surface area contributed by atoms with Gasteiger partial charge < -0.3 is 10.6 Å². The lowest BCUT2D eigenvalue weighted by atomic mass is 10.4. The molecule has 1 aliphatic heterocycles. The Hall–Kier alpha value is -0.0800. The largest absolute Gasteiger partial charge is 0.323 e. The monoisotopic (exact) mass is 146 g/mol. The minimum atomic E-state index is 1.25. The summed E-state index contributed by atoms with van der Waals surface area (Å²) in [6, 6.07) is 0. The third kappa shape index (κ3) is 15.7. The van der Waals surface area contributed by atoms with Crippen molar-refractivity contribution >= 4 is 0 Å². The molecule has 1 aliphatic rings. The van der Waals surface area contributed by atoms with Crippen molar-refractivity contribution in [1.29, 1.82) is 0 Å². The smallest absolute Gasteiger partial charge is 0.00484 e. The summed E-state index contributed by atoms with van der Waals surface area (Å²) in [4.78, 5) is 0. The van der Waals surface area contributed by atoms with Crippen molar-refractivity contribution in [1.82, 2.24) is 10.6 Å². The fourth-order valence-corrected chi connectivity index (χ4v) is 0.625. The van der Waals surface area contributed by atoms with E-state index in [1.54, 1.807) is 0 Å². The van der Waals surface area contributed by atoms with Crippen LogP contribution in [0.2, 0.25) is 0 Å². The van der Waals surface area contributed by atoms with E-state index in [1.807, 2.05) is 27.9 Å². The summed E-state index contributed by atoms with van der Waals surface area (Å²) in [6.07, 6.45) is 2.78. The van der Waals surface area contributed by atoms with Crippen LogP contribution in [0.15, 0.2) is 0 Å². The van der Waals surface area contributed by atoms with Gasteiger partial charge in [0.1, 0.15) is 0 Å². The van der Waals surface area contributed by atoms with Gasteiger partial charge in [-0.15, -0.1) is 0 Å². The first-order valence-electron chi connectivity index (χ1n) is 4.21. The molecule has 1 heterocycles. The first-order valence-corrected chi connectivity index (χ1v) is 4.21. The molecule has 64 valence electrons. The van der Waals surface area contributed by atoms with E-state index in [1.165, 1.54) is 25.9 Å². The molecule has 1 fully saturated rings. The van der Waals surface area contributed by atoms with Gasteiger partial charge in [0, 0.05) is 0 Å². The van der Waals surface area contributed by atoms with Crippen molar-refractivity contribution in [2.75, 3.05) is 27.2 Å². The third-order valence-corrected chi connectivity index (χ3v) is 0.957. The Bertz CT molecular complexity index is 26.6. The molecule has 0 amide bonds. The van der Waals surface area contributed by atoms with E-state index < -0.39 is 0 Å².